The van der Waals surface area contributed by atoms with Gasteiger partial charge in [-0.1, -0.05) is 66.7 Å². The summed E-state index contributed by atoms with van der Waals surface area (Å²) in [7, 11) is 0. The number of nitrogens with two attached hydrogens (primary N) is 1. The third-order valence-electron chi connectivity index (χ3n) is 8.70. The van der Waals surface area contributed by atoms with E-state index < -0.39 is 0 Å². The second kappa shape index (κ2) is 7.90. The van der Waals surface area contributed by atoms with Crippen molar-refractivity contribution in [1.29, 1.82) is 0 Å². The van der Waals surface area contributed by atoms with Gasteiger partial charge in [-0.3, -0.25) is 4.68 Å². The van der Waals surface area contributed by atoms with Crippen LogP contribution in [0.2, 0.25) is 0 Å². The second-order valence-corrected chi connectivity index (χ2v) is 10.7. The lowest BCUT2D eigenvalue weighted by Crippen LogP contribution is -2.06. The number of nitrogens with zero attached hydrogens (tertiary/aromatic N) is 3. The van der Waals surface area contributed by atoms with Gasteiger partial charge in [-0.15, -0.1) is 0 Å². The number of rotatable bonds is 2. The summed E-state index contributed by atoms with van der Waals surface area (Å²) in [5.74, 6) is 6.90. The molecule has 0 saturated heterocycles. The molecule has 3 aromatic heterocycles. The minimum absolute atomic E-state index is 1.01. The highest BCUT2D eigenvalue weighted by atomic mass is 15.3. The molecule has 0 fully saturated rings. The van der Waals surface area contributed by atoms with E-state index in [1.165, 1.54) is 60.4 Å². The van der Waals surface area contributed by atoms with Gasteiger partial charge in [-0.2, -0.15) is 0 Å². The van der Waals surface area contributed by atoms with E-state index in [4.69, 9.17) is 5.84 Å². The van der Waals surface area contributed by atoms with Crippen LogP contribution < -0.4 is 5.84 Å². The maximum atomic E-state index is 6.90. The molecule has 4 nitrogen and oxygen atoms in total. The molecule has 1 aliphatic rings. The number of fused-ring (bicyclic) bond motifs is 11. The van der Waals surface area contributed by atoms with Crippen LogP contribution in [0.5, 0.6) is 0 Å². The summed E-state index contributed by atoms with van der Waals surface area (Å²) in [6, 6.07) is 39.0. The zero-order valence-corrected chi connectivity index (χ0v) is 21.9. The van der Waals surface area contributed by atoms with Crippen LogP contribution in [-0.4, -0.2) is 13.8 Å². The highest BCUT2D eigenvalue weighted by Gasteiger charge is 2.25. The molecule has 4 heteroatoms. The summed E-state index contributed by atoms with van der Waals surface area (Å²) >= 11 is 0. The highest BCUT2D eigenvalue weighted by Crippen LogP contribution is 2.45. The Morgan fingerprint density at radius 1 is 0.500 bits per heavy atom. The Morgan fingerprint density at radius 3 is 1.80 bits per heavy atom. The lowest BCUT2D eigenvalue weighted by molar-refractivity contribution is 0.888. The molecule has 0 saturated carbocycles. The summed E-state index contributed by atoms with van der Waals surface area (Å²) in [6.45, 7) is 0. The maximum absolute atomic E-state index is 6.90. The van der Waals surface area contributed by atoms with Crippen molar-refractivity contribution in [3.05, 3.63) is 127 Å². The zero-order valence-electron chi connectivity index (χ0n) is 21.9. The SMILES string of the molecule is Nn1c2ccc3c(c4c(n3-c3ccccc3)CCC=C4)c2c2c3c4ccccc4n(-c4ccccc4)c3ccc21. The van der Waals surface area contributed by atoms with E-state index in [0.717, 1.165) is 29.6 Å². The number of hydrogen-bond acceptors (Lipinski definition) is 1. The molecule has 190 valence electrons. The molecule has 0 amide bonds. The smallest absolute Gasteiger partial charge is 0.0711 e. The van der Waals surface area contributed by atoms with Crippen LogP contribution in [-0.2, 0) is 6.42 Å². The monoisotopic (exact) mass is 514 g/mol. The average Bonchev–Trinajstić information content (AvgIpc) is 3.63. The van der Waals surface area contributed by atoms with Crippen LogP contribution in [0.25, 0.3) is 72.0 Å². The molecule has 0 spiro atoms. The van der Waals surface area contributed by atoms with Crippen molar-refractivity contribution < 1.29 is 0 Å². The van der Waals surface area contributed by atoms with Gasteiger partial charge in [0.25, 0.3) is 0 Å². The highest BCUT2D eigenvalue weighted by molar-refractivity contribution is 6.33. The summed E-state index contributed by atoms with van der Waals surface area (Å²) < 4.78 is 6.73. The lowest BCUT2D eigenvalue weighted by atomic mass is 9.97. The van der Waals surface area contributed by atoms with Crippen LogP contribution >= 0.6 is 0 Å². The molecular formula is C36H26N4. The van der Waals surface area contributed by atoms with E-state index in [9.17, 15) is 0 Å². The quantitative estimate of drug-likeness (QED) is 0.231. The van der Waals surface area contributed by atoms with Gasteiger partial charge in [0.15, 0.2) is 0 Å². The van der Waals surface area contributed by atoms with Crippen molar-refractivity contribution >= 4 is 60.6 Å². The van der Waals surface area contributed by atoms with Gasteiger partial charge in [0.2, 0.25) is 0 Å². The van der Waals surface area contributed by atoms with Crippen molar-refractivity contribution in [2.75, 3.05) is 5.84 Å². The molecule has 3 heterocycles. The van der Waals surface area contributed by atoms with Gasteiger partial charge in [0.1, 0.15) is 0 Å². The summed E-state index contributed by atoms with van der Waals surface area (Å²) in [5.41, 5.74) is 10.8. The van der Waals surface area contributed by atoms with E-state index in [0.29, 0.717) is 0 Å². The molecule has 8 aromatic rings. The van der Waals surface area contributed by atoms with Gasteiger partial charge in [-0.05, 0) is 67.4 Å². The van der Waals surface area contributed by atoms with Crippen molar-refractivity contribution in [3.63, 3.8) is 0 Å². The Morgan fingerprint density at radius 2 is 1.07 bits per heavy atom. The van der Waals surface area contributed by atoms with E-state index in [1.54, 1.807) is 0 Å². The number of nitrogen functional groups attached to an aromatic ring is 1. The number of hydrogen-bond donors (Lipinski definition) is 1. The second-order valence-electron chi connectivity index (χ2n) is 10.7. The summed E-state index contributed by atoms with van der Waals surface area (Å²) in [4.78, 5) is 0. The Balaban J connectivity index is 1.54. The van der Waals surface area contributed by atoms with Crippen LogP contribution in [0, 0.1) is 0 Å². The predicted molar refractivity (Wildman–Crippen MR) is 168 cm³/mol. The topological polar surface area (TPSA) is 40.8 Å². The number of aromatic nitrogens is 3. The third kappa shape index (κ3) is 2.70. The van der Waals surface area contributed by atoms with Gasteiger partial charge in [0.05, 0.1) is 27.6 Å². The van der Waals surface area contributed by atoms with Crippen LogP contribution in [0.15, 0.2) is 115 Å². The number of benzene rings is 5. The minimum Gasteiger partial charge on any atom is -0.339 e. The molecule has 0 aliphatic heterocycles. The molecule has 2 N–H and O–H groups in total. The molecule has 40 heavy (non-hydrogen) atoms. The van der Waals surface area contributed by atoms with Crippen LogP contribution in [0.3, 0.4) is 0 Å². The lowest BCUT2D eigenvalue weighted by Gasteiger charge is -2.13. The average molecular weight is 515 g/mol. The third-order valence-corrected chi connectivity index (χ3v) is 8.70. The number of allylic oxidation sites excluding steroid dienone is 1. The standard InChI is InChI=1S/C36H26N4/c37-40-31-21-19-29-33(25-15-7-9-17-27(25)38(29)23-11-3-1-4-12-23)35(31)36-32(40)22-20-30-34(36)26-16-8-10-18-28(26)39(30)24-13-5-2-6-14-24/h1-9,11-17,19-22H,10,18,37H2. The van der Waals surface area contributed by atoms with Gasteiger partial charge >= 0.3 is 0 Å². The fourth-order valence-electron chi connectivity index (χ4n) is 7.11. The van der Waals surface area contributed by atoms with Crippen LogP contribution in [0.1, 0.15) is 17.7 Å². The van der Waals surface area contributed by atoms with Crippen molar-refractivity contribution in [2.45, 2.75) is 12.8 Å². The predicted octanol–water partition coefficient (Wildman–Crippen LogP) is 8.51. The van der Waals surface area contributed by atoms with Gasteiger partial charge < -0.3 is 15.0 Å². The molecule has 0 unspecified atom stereocenters. The normalized spacial score (nSPS) is 13.3. The Bertz CT molecular complexity index is 2310. The van der Waals surface area contributed by atoms with Crippen molar-refractivity contribution in [2.24, 2.45) is 0 Å². The van der Waals surface area contributed by atoms with Gasteiger partial charge in [-0.25, -0.2) is 0 Å². The molecule has 0 bridgehead atoms. The van der Waals surface area contributed by atoms with Crippen LogP contribution in [0.4, 0.5) is 0 Å². The first-order valence-electron chi connectivity index (χ1n) is 13.9. The Kier molecular flexibility index (Phi) is 4.28. The molecule has 1 aliphatic carbocycles. The zero-order chi connectivity index (χ0) is 26.4. The Hall–Kier alpha value is -5.22. The largest absolute Gasteiger partial charge is 0.339 e. The van der Waals surface area contributed by atoms with E-state index in [2.05, 4.69) is 130 Å². The first-order chi connectivity index (χ1) is 19.8. The van der Waals surface area contributed by atoms with E-state index >= 15 is 0 Å². The molecule has 0 radical (unpaired) electrons. The molecule has 9 rings (SSSR count). The molecule has 5 aromatic carbocycles. The van der Waals surface area contributed by atoms with Crippen molar-refractivity contribution in [3.8, 4) is 11.4 Å². The fraction of sp³-hybridized carbons (Fsp3) is 0.0556. The first-order valence-corrected chi connectivity index (χ1v) is 13.9. The molecule has 0 atom stereocenters. The van der Waals surface area contributed by atoms with Crippen molar-refractivity contribution in [1.82, 2.24) is 13.8 Å². The fourth-order valence-corrected chi connectivity index (χ4v) is 7.11. The maximum Gasteiger partial charge on any atom is 0.0711 e. The first kappa shape index (κ1) is 21.7. The minimum atomic E-state index is 1.01. The molecular weight excluding hydrogens is 488 g/mol. The summed E-state index contributed by atoms with van der Waals surface area (Å²) in [5, 5.41) is 6.22. The van der Waals surface area contributed by atoms with Gasteiger partial charge in [0, 0.05) is 49.6 Å². The summed E-state index contributed by atoms with van der Waals surface area (Å²) in [6.07, 6.45) is 6.70. The van der Waals surface area contributed by atoms with E-state index in [1.807, 2.05) is 4.68 Å². The Labute approximate surface area is 230 Å². The number of para-hydroxylation sites is 3. The van der Waals surface area contributed by atoms with E-state index in [-0.39, 0.29) is 0 Å².